The van der Waals surface area contributed by atoms with Crippen molar-refractivity contribution in [2.75, 3.05) is 25.6 Å². The molecule has 1 rings (SSSR count). The van der Waals surface area contributed by atoms with Crippen molar-refractivity contribution in [3.05, 3.63) is 23.8 Å². The van der Waals surface area contributed by atoms with Crippen LogP contribution in [-0.2, 0) is 16.0 Å². The molecule has 21 heavy (non-hydrogen) atoms. The highest BCUT2D eigenvalue weighted by molar-refractivity contribution is 9.09. The maximum atomic E-state index is 11.6. The van der Waals surface area contributed by atoms with E-state index in [2.05, 4.69) is 35.1 Å². The Kier molecular flexibility index (Phi) is 7.75. The Morgan fingerprint density at radius 1 is 1.38 bits per heavy atom. The molecule has 0 bridgehead atoms. The number of amides is 1. The van der Waals surface area contributed by atoms with Crippen molar-refractivity contribution < 1.29 is 14.3 Å². The van der Waals surface area contributed by atoms with Gasteiger partial charge in [0.05, 0.1) is 12.3 Å². The van der Waals surface area contributed by atoms with Crippen molar-refractivity contribution >= 4 is 27.5 Å². The van der Waals surface area contributed by atoms with Crippen LogP contribution in [0.15, 0.2) is 18.2 Å². The Morgan fingerprint density at radius 2 is 2.10 bits per heavy atom. The number of rotatable bonds is 8. The van der Waals surface area contributed by atoms with Crippen LogP contribution < -0.4 is 10.1 Å². The molecule has 1 aromatic carbocycles. The maximum Gasteiger partial charge on any atom is 0.250 e. The third kappa shape index (κ3) is 6.06. The monoisotopic (exact) mass is 357 g/mol. The molecule has 1 unspecified atom stereocenters. The highest BCUT2D eigenvalue weighted by Crippen LogP contribution is 2.28. The first-order valence-electron chi connectivity index (χ1n) is 7.16. The second kappa shape index (κ2) is 9.05. The van der Waals surface area contributed by atoms with E-state index in [4.69, 9.17) is 9.47 Å². The van der Waals surface area contributed by atoms with E-state index in [0.29, 0.717) is 28.8 Å². The van der Waals surface area contributed by atoms with Gasteiger partial charge >= 0.3 is 0 Å². The van der Waals surface area contributed by atoms with E-state index in [-0.39, 0.29) is 12.5 Å². The number of alkyl halides is 1. The van der Waals surface area contributed by atoms with Gasteiger partial charge in [-0.25, -0.2) is 0 Å². The van der Waals surface area contributed by atoms with Gasteiger partial charge in [-0.3, -0.25) is 4.79 Å². The van der Waals surface area contributed by atoms with Gasteiger partial charge in [0.25, 0.3) is 0 Å². The molecule has 0 fully saturated rings. The SMILES string of the molecule is CCOc1cc(CC(Br)C(C)C)ccc1NC(=O)COC. The predicted octanol–water partition coefficient (Wildman–Crippen LogP) is 3.63. The van der Waals surface area contributed by atoms with Gasteiger partial charge < -0.3 is 14.8 Å². The lowest BCUT2D eigenvalue weighted by atomic mass is 10.0. The minimum absolute atomic E-state index is 0.0319. The van der Waals surface area contributed by atoms with Crippen molar-refractivity contribution in [3.8, 4) is 5.75 Å². The first-order chi connectivity index (χ1) is 9.97. The van der Waals surface area contributed by atoms with Gasteiger partial charge in [0.15, 0.2) is 0 Å². The average Bonchev–Trinajstić information content (AvgIpc) is 2.42. The molecular weight excluding hydrogens is 334 g/mol. The zero-order valence-electron chi connectivity index (χ0n) is 13.1. The maximum absolute atomic E-state index is 11.6. The zero-order chi connectivity index (χ0) is 15.8. The summed E-state index contributed by atoms with van der Waals surface area (Å²) in [6.07, 6.45) is 0.921. The average molecular weight is 358 g/mol. The highest BCUT2D eigenvalue weighted by Gasteiger charge is 2.13. The van der Waals surface area contributed by atoms with E-state index in [9.17, 15) is 4.79 Å². The molecule has 0 heterocycles. The fourth-order valence-corrected chi connectivity index (χ4v) is 2.22. The predicted molar refractivity (Wildman–Crippen MR) is 89.4 cm³/mol. The number of benzene rings is 1. The summed E-state index contributed by atoms with van der Waals surface area (Å²) in [4.78, 5) is 12.0. The van der Waals surface area contributed by atoms with Crippen LogP contribution >= 0.6 is 15.9 Å². The van der Waals surface area contributed by atoms with Gasteiger partial charge in [0.2, 0.25) is 5.91 Å². The molecule has 0 saturated carbocycles. The number of carbonyl (C=O) groups excluding carboxylic acids is 1. The Morgan fingerprint density at radius 3 is 2.67 bits per heavy atom. The van der Waals surface area contributed by atoms with Crippen LogP contribution in [0.5, 0.6) is 5.75 Å². The molecule has 0 radical (unpaired) electrons. The number of ether oxygens (including phenoxy) is 2. The van der Waals surface area contributed by atoms with Gasteiger partial charge in [-0.1, -0.05) is 35.8 Å². The first kappa shape index (κ1) is 18.0. The van der Waals surface area contributed by atoms with Crippen LogP contribution in [0.4, 0.5) is 5.69 Å². The lowest BCUT2D eigenvalue weighted by molar-refractivity contribution is -0.119. The molecule has 0 saturated heterocycles. The first-order valence-corrected chi connectivity index (χ1v) is 8.08. The molecule has 0 spiro atoms. The molecule has 4 nitrogen and oxygen atoms in total. The normalized spacial score (nSPS) is 12.3. The number of nitrogens with one attached hydrogen (secondary N) is 1. The standard InChI is InChI=1S/C16H24BrNO3/c1-5-21-15-9-12(8-13(17)11(2)3)6-7-14(15)18-16(19)10-20-4/h6-7,9,11,13H,5,8,10H2,1-4H3,(H,18,19). The van der Waals surface area contributed by atoms with Gasteiger partial charge in [0.1, 0.15) is 12.4 Å². The minimum Gasteiger partial charge on any atom is -0.492 e. The molecule has 0 aliphatic rings. The second-order valence-corrected chi connectivity index (χ2v) is 6.38. The van der Waals surface area contributed by atoms with E-state index in [1.165, 1.54) is 12.7 Å². The fourth-order valence-electron chi connectivity index (χ4n) is 1.85. The van der Waals surface area contributed by atoms with Gasteiger partial charge in [-0.15, -0.1) is 0 Å². The summed E-state index contributed by atoms with van der Waals surface area (Å²) in [6, 6.07) is 5.89. The van der Waals surface area contributed by atoms with E-state index in [0.717, 1.165) is 6.42 Å². The Bertz CT molecular complexity index is 463. The summed E-state index contributed by atoms with van der Waals surface area (Å²) in [7, 11) is 1.49. The molecule has 0 aromatic heterocycles. The summed E-state index contributed by atoms with van der Waals surface area (Å²) in [6.45, 7) is 6.88. The third-order valence-corrected chi connectivity index (χ3v) is 4.43. The summed E-state index contributed by atoms with van der Waals surface area (Å²) in [5, 5.41) is 2.80. The van der Waals surface area contributed by atoms with Gasteiger partial charge in [-0.05, 0) is 37.0 Å². The molecule has 1 N–H and O–H groups in total. The highest BCUT2D eigenvalue weighted by atomic mass is 79.9. The molecule has 0 aliphatic carbocycles. The van der Waals surface area contributed by atoms with Crippen molar-refractivity contribution in [3.63, 3.8) is 0 Å². The van der Waals surface area contributed by atoms with Gasteiger partial charge in [0, 0.05) is 11.9 Å². The molecule has 118 valence electrons. The quantitative estimate of drug-likeness (QED) is 0.722. The molecule has 1 aromatic rings. The number of anilines is 1. The second-order valence-electron chi connectivity index (χ2n) is 5.21. The van der Waals surface area contributed by atoms with Gasteiger partial charge in [-0.2, -0.15) is 0 Å². The topological polar surface area (TPSA) is 47.6 Å². The number of hydrogen-bond acceptors (Lipinski definition) is 3. The fraction of sp³-hybridized carbons (Fsp3) is 0.562. The lowest BCUT2D eigenvalue weighted by Gasteiger charge is -2.16. The summed E-state index contributed by atoms with van der Waals surface area (Å²) in [5.41, 5.74) is 1.86. The molecule has 1 atom stereocenters. The number of halogens is 1. The smallest absolute Gasteiger partial charge is 0.250 e. The Balaban J connectivity index is 2.88. The van der Waals surface area contributed by atoms with Crippen LogP contribution in [0.25, 0.3) is 0 Å². The van der Waals surface area contributed by atoms with E-state index in [1.807, 2.05) is 25.1 Å². The Hall–Kier alpha value is -1.07. The molecular formula is C16H24BrNO3. The summed E-state index contributed by atoms with van der Waals surface area (Å²) in [5.74, 6) is 1.07. The minimum atomic E-state index is -0.188. The van der Waals surface area contributed by atoms with Crippen LogP contribution in [0.3, 0.4) is 0 Å². The summed E-state index contributed by atoms with van der Waals surface area (Å²) >= 11 is 3.69. The zero-order valence-corrected chi connectivity index (χ0v) is 14.7. The van der Waals surface area contributed by atoms with Crippen LogP contribution in [0.2, 0.25) is 0 Å². The van der Waals surface area contributed by atoms with E-state index < -0.39 is 0 Å². The van der Waals surface area contributed by atoms with E-state index >= 15 is 0 Å². The number of carbonyl (C=O) groups is 1. The summed E-state index contributed by atoms with van der Waals surface area (Å²) < 4.78 is 10.4. The van der Waals surface area contributed by atoms with Crippen LogP contribution in [-0.4, -0.2) is 31.1 Å². The number of methoxy groups -OCH3 is 1. The lowest BCUT2D eigenvalue weighted by Crippen LogP contribution is -2.18. The number of hydrogen-bond donors (Lipinski definition) is 1. The Labute approximate surface area is 135 Å². The molecule has 0 aliphatic heterocycles. The van der Waals surface area contributed by atoms with Crippen molar-refractivity contribution in [1.82, 2.24) is 0 Å². The van der Waals surface area contributed by atoms with Crippen LogP contribution in [0.1, 0.15) is 26.3 Å². The third-order valence-electron chi connectivity index (χ3n) is 3.05. The van der Waals surface area contributed by atoms with Crippen LogP contribution in [0, 0.1) is 5.92 Å². The molecule has 1 amide bonds. The van der Waals surface area contributed by atoms with Crippen molar-refractivity contribution in [2.24, 2.45) is 5.92 Å². The van der Waals surface area contributed by atoms with Crippen molar-refractivity contribution in [2.45, 2.75) is 32.0 Å². The molecule has 5 heteroatoms. The van der Waals surface area contributed by atoms with Crippen molar-refractivity contribution in [1.29, 1.82) is 0 Å². The van der Waals surface area contributed by atoms with E-state index in [1.54, 1.807) is 0 Å². The largest absolute Gasteiger partial charge is 0.492 e.